The molecule has 0 aliphatic heterocycles. The zero-order valence-electron chi connectivity index (χ0n) is 18.8. The Kier molecular flexibility index (Phi) is 8.49. The van der Waals surface area contributed by atoms with Gasteiger partial charge in [0.25, 0.3) is 0 Å². The summed E-state index contributed by atoms with van der Waals surface area (Å²) in [5.74, 6) is 0.614. The number of furan rings is 1. The molecule has 0 saturated carbocycles. The van der Waals surface area contributed by atoms with E-state index in [1.54, 1.807) is 16.1 Å². The highest BCUT2D eigenvalue weighted by atomic mass is 16.3. The first-order chi connectivity index (χ1) is 15.6. The minimum Gasteiger partial charge on any atom is -0.467 e. The van der Waals surface area contributed by atoms with Crippen LogP contribution in [0.15, 0.2) is 77.4 Å². The number of anilines is 1. The molecule has 3 aromatic rings. The van der Waals surface area contributed by atoms with Gasteiger partial charge in [0.2, 0.25) is 5.91 Å². The maximum Gasteiger partial charge on any atom is 0.322 e. The van der Waals surface area contributed by atoms with Crippen LogP contribution in [0.5, 0.6) is 0 Å². The molecule has 168 valence electrons. The Hall–Kier alpha value is -3.54. The molecule has 1 heterocycles. The average Bonchev–Trinajstić information content (AvgIpc) is 3.31. The lowest BCUT2D eigenvalue weighted by Gasteiger charge is -2.27. The first kappa shape index (κ1) is 23.1. The molecule has 0 spiro atoms. The number of nitrogens with one attached hydrogen (secondary N) is 1. The Balaban J connectivity index is 1.69. The number of rotatable bonds is 10. The number of carbonyl (C=O) groups is 2. The van der Waals surface area contributed by atoms with Crippen molar-refractivity contribution in [2.45, 2.75) is 33.2 Å². The lowest BCUT2D eigenvalue weighted by atomic mass is 10.1. The Labute approximate surface area is 189 Å². The molecule has 0 radical (unpaired) electrons. The Morgan fingerprint density at radius 3 is 2.34 bits per heavy atom. The maximum atomic E-state index is 13.3. The number of hydrogen-bond donors (Lipinski definition) is 1. The predicted octanol–water partition coefficient (Wildman–Crippen LogP) is 5.10. The monoisotopic (exact) mass is 433 g/mol. The number of aryl methyl sites for hydroxylation is 1. The highest BCUT2D eigenvalue weighted by Crippen LogP contribution is 2.15. The molecule has 0 unspecified atom stereocenters. The Bertz CT molecular complexity index is 987. The molecule has 3 rings (SSSR count). The van der Waals surface area contributed by atoms with Gasteiger partial charge in [0.05, 0.1) is 12.8 Å². The average molecular weight is 434 g/mol. The van der Waals surface area contributed by atoms with Gasteiger partial charge in [-0.15, -0.1) is 0 Å². The zero-order valence-corrected chi connectivity index (χ0v) is 18.8. The van der Waals surface area contributed by atoms with Gasteiger partial charge < -0.3 is 19.5 Å². The van der Waals surface area contributed by atoms with E-state index in [9.17, 15) is 9.59 Å². The van der Waals surface area contributed by atoms with Gasteiger partial charge in [-0.05, 0) is 49.1 Å². The lowest BCUT2D eigenvalue weighted by molar-refractivity contribution is -0.132. The van der Waals surface area contributed by atoms with Gasteiger partial charge in [-0.25, -0.2) is 4.79 Å². The van der Waals surface area contributed by atoms with E-state index in [4.69, 9.17) is 4.42 Å². The van der Waals surface area contributed by atoms with Gasteiger partial charge in [-0.2, -0.15) is 0 Å². The van der Waals surface area contributed by atoms with E-state index in [1.165, 1.54) is 0 Å². The molecular formula is C26H31N3O3. The minimum absolute atomic E-state index is 0.0149. The van der Waals surface area contributed by atoms with Crippen LogP contribution in [0.1, 0.15) is 30.2 Å². The third-order valence-corrected chi connectivity index (χ3v) is 5.29. The summed E-state index contributed by atoms with van der Waals surface area (Å²) in [6.45, 7) is 5.37. The molecule has 6 nitrogen and oxygen atoms in total. The van der Waals surface area contributed by atoms with Crippen LogP contribution >= 0.6 is 0 Å². The highest BCUT2D eigenvalue weighted by molar-refractivity contribution is 5.93. The van der Waals surface area contributed by atoms with E-state index in [1.807, 2.05) is 68.4 Å². The number of hydrogen-bond acceptors (Lipinski definition) is 3. The van der Waals surface area contributed by atoms with Gasteiger partial charge in [0.15, 0.2) is 0 Å². The van der Waals surface area contributed by atoms with E-state index in [2.05, 4.69) is 17.4 Å². The third kappa shape index (κ3) is 6.74. The van der Waals surface area contributed by atoms with Crippen molar-refractivity contribution in [1.29, 1.82) is 0 Å². The van der Waals surface area contributed by atoms with Crippen LogP contribution in [0.3, 0.4) is 0 Å². The number of carbonyl (C=O) groups excluding carboxylic acids is 2. The molecule has 1 aromatic heterocycles. The molecular weight excluding hydrogens is 402 g/mol. The summed E-state index contributed by atoms with van der Waals surface area (Å²) in [6.07, 6.45) is 3.10. The number of para-hydroxylation sites is 1. The number of nitrogens with zero attached hydrogens (tertiary/aromatic N) is 2. The quantitative estimate of drug-likeness (QED) is 0.484. The summed E-state index contributed by atoms with van der Waals surface area (Å²) >= 11 is 0. The van der Waals surface area contributed by atoms with Crippen molar-refractivity contribution in [3.05, 3.63) is 89.9 Å². The Morgan fingerprint density at radius 2 is 1.66 bits per heavy atom. The first-order valence-corrected chi connectivity index (χ1v) is 11.0. The van der Waals surface area contributed by atoms with Crippen LogP contribution < -0.4 is 5.32 Å². The van der Waals surface area contributed by atoms with Crippen molar-refractivity contribution in [1.82, 2.24) is 9.80 Å². The molecule has 0 fully saturated rings. The molecule has 0 saturated heterocycles. The van der Waals surface area contributed by atoms with Gasteiger partial charge in [-0.3, -0.25) is 4.79 Å². The lowest BCUT2D eigenvalue weighted by Crippen LogP contribution is -2.45. The normalized spacial score (nSPS) is 10.6. The van der Waals surface area contributed by atoms with Crippen LogP contribution in [0.25, 0.3) is 0 Å². The minimum atomic E-state index is -0.268. The van der Waals surface area contributed by atoms with Crippen molar-refractivity contribution in [3.63, 3.8) is 0 Å². The van der Waals surface area contributed by atoms with E-state index in [0.717, 1.165) is 35.4 Å². The summed E-state index contributed by atoms with van der Waals surface area (Å²) in [4.78, 5) is 29.5. The fourth-order valence-corrected chi connectivity index (χ4v) is 3.48. The standard InChI is InChI=1S/C26H31N3O3/c1-3-16-29(26(31)27-24-14-8-7-10-21(24)2)20-25(30)28(19-23-13-9-18-32-23)17-15-22-11-5-4-6-12-22/h4-14,18H,3,15-17,19-20H2,1-2H3,(H,27,31). The predicted molar refractivity (Wildman–Crippen MR) is 126 cm³/mol. The smallest absolute Gasteiger partial charge is 0.322 e. The third-order valence-electron chi connectivity index (χ3n) is 5.29. The molecule has 0 atom stereocenters. The van der Waals surface area contributed by atoms with Gasteiger partial charge in [-0.1, -0.05) is 55.5 Å². The van der Waals surface area contributed by atoms with Crippen LogP contribution in [0, 0.1) is 6.92 Å². The van der Waals surface area contributed by atoms with E-state index >= 15 is 0 Å². The van der Waals surface area contributed by atoms with Crippen LogP contribution in [0.4, 0.5) is 10.5 Å². The van der Waals surface area contributed by atoms with E-state index in [0.29, 0.717) is 19.6 Å². The molecule has 0 bridgehead atoms. The summed E-state index contributed by atoms with van der Waals surface area (Å²) in [5, 5.41) is 2.94. The zero-order chi connectivity index (χ0) is 22.8. The summed E-state index contributed by atoms with van der Waals surface area (Å²) in [5.41, 5.74) is 2.89. The van der Waals surface area contributed by atoms with Crippen LogP contribution in [0.2, 0.25) is 0 Å². The molecule has 32 heavy (non-hydrogen) atoms. The van der Waals surface area contributed by atoms with E-state index in [-0.39, 0.29) is 18.5 Å². The second-order valence-corrected chi connectivity index (χ2v) is 7.80. The second-order valence-electron chi connectivity index (χ2n) is 7.80. The van der Waals surface area contributed by atoms with Gasteiger partial charge in [0, 0.05) is 18.8 Å². The summed E-state index contributed by atoms with van der Waals surface area (Å²) in [7, 11) is 0. The molecule has 0 aliphatic rings. The van der Waals surface area contributed by atoms with Crippen molar-refractivity contribution in [3.8, 4) is 0 Å². The van der Waals surface area contributed by atoms with Crippen molar-refractivity contribution in [2.75, 3.05) is 25.0 Å². The van der Waals surface area contributed by atoms with Crippen molar-refractivity contribution >= 4 is 17.6 Å². The van der Waals surface area contributed by atoms with Crippen molar-refractivity contribution in [2.24, 2.45) is 0 Å². The topological polar surface area (TPSA) is 65.8 Å². The number of benzene rings is 2. The molecule has 6 heteroatoms. The maximum absolute atomic E-state index is 13.3. The summed E-state index contributed by atoms with van der Waals surface area (Å²) < 4.78 is 5.47. The largest absolute Gasteiger partial charge is 0.467 e. The first-order valence-electron chi connectivity index (χ1n) is 11.0. The molecule has 1 N–H and O–H groups in total. The van der Waals surface area contributed by atoms with Crippen LogP contribution in [-0.2, 0) is 17.8 Å². The number of amides is 3. The molecule has 2 aromatic carbocycles. The van der Waals surface area contributed by atoms with Crippen molar-refractivity contribution < 1.29 is 14.0 Å². The molecule has 3 amide bonds. The number of urea groups is 1. The van der Waals surface area contributed by atoms with Crippen LogP contribution in [-0.4, -0.2) is 41.4 Å². The van der Waals surface area contributed by atoms with E-state index < -0.39 is 0 Å². The fraction of sp³-hybridized carbons (Fsp3) is 0.308. The van der Waals surface area contributed by atoms with Gasteiger partial charge in [0.1, 0.15) is 12.3 Å². The van der Waals surface area contributed by atoms with Gasteiger partial charge >= 0.3 is 6.03 Å². The SMILES string of the molecule is CCCN(CC(=O)N(CCc1ccccc1)Cc1ccco1)C(=O)Nc1ccccc1C. The fourth-order valence-electron chi connectivity index (χ4n) is 3.48. The summed E-state index contributed by atoms with van der Waals surface area (Å²) in [6, 6.07) is 21.1. The highest BCUT2D eigenvalue weighted by Gasteiger charge is 2.22. The second kappa shape index (κ2) is 11.7. The molecule has 0 aliphatic carbocycles. The Morgan fingerprint density at radius 1 is 0.906 bits per heavy atom.